The number of carbonyl (C=O) groups excluding carboxylic acids is 1. The van der Waals surface area contributed by atoms with Crippen molar-refractivity contribution >= 4 is 32.9 Å². The predicted octanol–water partition coefficient (Wildman–Crippen LogP) is 3.42. The molecule has 0 radical (unpaired) electrons. The molecule has 2 aromatic carbocycles. The SMILES string of the molecule is C=CC(N1CCN(c2ccc([N+](=O)[O-])cc2)CC1)S(=O)(=O)c1ccc(NC(=O)NCc2cccnc2)cc1. The number of sulfone groups is 1. The molecule has 0 bridgehead atoms. The normalized spacial score (nSPS) is 14.9. The molecular formula is C26H28N6O5S. The Morgan fingerprint density at radius 1 is 1.08 bits per heavy atom. The van der Waals surface area contributed by atoms with Gasteiger partial charge in [0, 0.05) is 68.6 Å². The Bertz CT molecular complexity index is 1370. The summed E-state index contributed by atoms with van der Waals surface area (Å²) < 4.78 is 26.8. The van der Waals surface area contributed by atoms with Gasteiger partial charge in [-0.2, -0.15) is 0 Å². The minimum absolute atomic E-state index is 0.0248. The summed E-state index contributed by atoms with van der Waals surface area (Å²) in [6, 6.07) is 15.6. The fourth-order valence-electron chi connectivity index (χ4n) is 4.22. The molecule has 1 aromatic heterocycles. The third-order valence-electron chi connectivity index (χ3n) is 6.24. The van der Waals surface area contributed by atoms with Gasteiger partial charge in [-0.25, -0.2) is 13.2 Å². The van der Waals surface area contributed by atoms with E-state index < -0.39 is 26.2 Å². The molecule has 1 fully saturated rings. The molecule has 1 aliphatic rings. The Kier molecular flexibility index (Phi) is 8.34. The number of hydrogen-bond donors (Lipinski definition) is 2. The average Bonchev–Trinajstić information content (AvgIpc) is 2.93. The van der Waals surface area contributed by atoms with Crippen LogP contribution in [-0.2, 0) is 16.4 Å². The van der Waals surface area contributed by atoms with Crippen molar-refractivity contribution in [2.24, 2.45) is 0 Å². The third kappa shape index (κ3) is 6.33. The molecule has 1 unspecified atom stereocenters. The lowest BCUT2D eigenvalue weighted by Crippen LogP contribution is -2.52. The van der Waals surface area contributed by atoms with E-state index in [9.17, 15) is 23.3 Å². The van der Waals surface area contributed by atoms with Gasteiger partial charge in [-0.3, -0.25) is 20.0 Å². The summed E-state index contributed by atoms with van der Waals surface area (Å²) in [5.74, 6) is 0. The van der Waals surface area contributed by atoms with Gasteiger partial charge >= 0.3 is 6.03 Å². The van der Waals surface area contributed by atoms with E-state index in [0.29, 0.717) is 38.4 Å². The number of nitrogens with one attached hydrogen (secondary N) is 2. The van der Waals surface area contributed by atoms with E-state index in [-0.39, 0.29) is 10.6 Å². The van der Waals surface area contributed by atoms with Gasteiger partial charge in [-0.05, 0) is 48.0 Å². The van der Waals surface area contributed by atoms with Gasteiger partial charge in [0.05, 0.1) is 9.82 Å². The number of aromatic nitrogens is 1. The molecule has 0 saturated carbocycles. The number of carbonyl (C=O) groups is 1. The van der Waals surface area contributed by atoms with Crippen molar-refractivity contribution in [1.82, 2.24) is 15.2 Å². The van der Waals surface area contributed by atoms with Crippen LogP contribution >= 0.6 is 0 Å². The number of non-ortho nitro benzene ring substituents is 1. The fraction of sp³-hybridized carbons (Fsp3) is 0.231. The number of piperazine rings is 1. The van der Waals surface area contributed by atoms with Crippen LogP contribution in [0.4, 0.5) is 21.9 Å². The number of rotatable bonds is 9. The minimum Gasteiger partial charge on any atom is -0.369 e. The highest BCUT2D eigenvalue weighted by molar-refractivity contribution is 7.92. The van der Waals surface area contributed by atoms with E-state index in [1.54, 1.807) is 42.7 Å². The van der Waals surface area contributed by atoms with Crippen molar-refractivity contribution in [2.75, 3.05) is 36.4 Å². The van der Waals surface area contributed by atoms with Gasteiger partial charge < -0.3 is 15.5 Å². The van der Waals surface area contributed by atoms with Crippen LogP contribution in [0.15, 0.2) is 90.6 Å². The van der Waals surface area contributed by atoms with Crippen LogP contribution in [0.2, 0.25) is 0 Å². The minimum atomic E-state index is -3.76. The first kappa shape index (κ1) is 26.8. The van der Waals surface area contributed by atoms with Gasteiger partial charge in [0.25, 0.3) is 5.69 Å². The molecule has 2 N–H and O–H groups in total. The molecular weight excluding hydrogens is 508 g/mol. The monoisotopic (exact) mass is 536 g/mol. The summed E-state index contributed by atoms with van der Waals surface area (Å²) in [6.45, 7) is 6.16. The molecule has 4 rings (SSSR count). The first-order chi connectivity index (χ1) is 18.3. The van der Waals surface area contributed by atoms with Crippen LogP contribution in [0, 0.1) is 10.1 Å². The summed E-state index contributed by atoms with van der Waals surface area (Å²) in [4.78, 5) is 30.7. The first-order valence-electron chi connectivity index (χ1n) is 11.9. The van der Waals surface area contributed by atoms with Crippen molar-refractivity contribution in [3.8, 4) is 0 Å². The summed E-state index contributed by atoms with van der Waals surface area (Å²) in [6.07, 6.45) is 4.73. The average molecular weight is 537 g/mol. The number of benzene rings is 2. The summed E-state index contributed by atoms with van der Waals surface area (Å²) in [5, 5.41) is 15.4. The Morgan fingerprint density at radius 2 is 1.76 bits per heavy atom. The standard InChI is InChI=1S/C26H28N6O5S/c1-2-25(31-16-14-30(15-17-31)22-7-9-23(10-8-22)32(34)35)38(36,37)24-11-5-21(6-12-24)29-26(33)28-19-20-4-3-13-27-18-20/h2-13,18,25H,1,14-17,19H2,(H2,28,29,33). The first-order valence-corrected chi connectivity index (χ1v) is 13.5. The lowest BCUT2D eigenvalue weighted by molar-refractivity contribution is -0.384. The zero-order chi connectivity index (χ0) is 27.1. The highest BCUT2D eigenvalue weighted by Gasteiger charge is 2.32. The number of nitrogens with zero attached hydrogens (tertiary/aromatic N) is 4. The molecule has 0 spiro atoms. The number of amides is 2. The zero-order valence-corrected chi connectivity index (χ0v) is 21.4. The Morgan fingerprint density at radius 3 is 2.34 bits per heavy atom. The highest BCUT2D eigenvalue weighted by Crippen LogP contribution is 2.25. The topological polar surface area (TPSA) is 138 Å². The molecule has 198 valence electrons. The number of pyridine rings is 1. The second-order valence-electron chi connectivity index (χ2n) is 8.66. The number of urea groups is 1. The van der Waals surface area contributed by atoms with Crippen LogP contribution in [0.1, 0.15) is 5.56 Å². The van der Waals surface area contributed by atoms with Crippen LogP contribution in [0.25, 0.3) is 0 Å². The molecule has 11 nitrogen and oxygen atoms in total. The smallest absolute Gasteiger partial charge is 0.319 e. The van der Waals surface area contributed by atoms with Crippen LogP contribution in [0.3, 0.4) is 0 Å². The molecule has 3 aromatic rings. The summed E-state index contributed by atoms with van der Waals surface area (Å²) in [5.41, 5.74) is 2.19. The summed E-state index contributed by atoms with van der Waals surface area (Å²) in [7, 11) is -3.76. The maximum atomic E-state index is 13.4. The highest BCUT2D eigenvalue weighted by atomic mass is 32.2. The van der Waals surface area contributed by atoms with E-state index >= 15 is 0 Å². The van der Waals surface area contributed by atoms with E-state index in [2.05, 4.69) is 27.1 Å². The van der Waals surface area contributed by atoms with Gasteiger partial charge in [0.2, 0.25) is 0 Å². The molecule has 1 saturated heterocycles. The van der Waals surface area contributed by atoms with E-state index in [4.69, 9.17) is 0 Å². The molecule has 2 heterocycles. The maximum absolute atomic E-state index is 13.4. The Balaban J connectivity index is 1.35. The van der Waals surface area contributed by atoms with Crippen LogP contribution in [0.5, 0.6) is 0 Å². The largest absolute Gasteiger partial charge is 0.369 e. The van der Waals surface area contributed by atoms with E-state index in [1.807, 2.05) is 11.0 Å². The van der Waals surface area contributed by atoms with Gasteiger partial charge in [0.15, 0.2) is 9.84 Å². The molecule has 1 atom stereocenters. The van der Waals surface area contributed by atoms with Gasteiger partial charge in [-0.1, -0.05) is 12.1 Å². The molecule has 1 aliphatic heterocycles. The predicted molar refractivity (Wildman–Crippen MR) is 145 cm³/mol. The maximum Gasteiger partial charge on any atom is 0.319 e. The van der Waals surface area contributed by atoms with Crippen molar-refractivity contribution in [2.45, 2.75) is 16.8 Å². The number of hydrogen-bond acceptors (Lipinski definition) is 8. The van der Waals surface area contributed by atoms with Crippen molar-refractivity contribution in [3.05, 3.63) is 101 Å². The van der Waals surface area contributed by atoms with E-state index in [0.717, 1.165) is 11.3 Å². The van der Waals surface area contributed by atoms with Gasteiger partial charge in [0.1, 0.15) is 5.37 Å². The Labute approximate surface area is 220 Å². The lowest BCUT2D eigenvalue weighted by atomic mass is 10.2. The summed E-state index contributed by atoms with van der Waals surface area (Å²) >= 11 is 0. The Hall–Kier alpha value is -4.29. The molecule has 12 heteroatoms. The van der Waals surface area contributed by atoms with Crippen molar-refractivity contribution in [3.63, 3.8) is 0 Å². The number of nitro benzene ring substituents is 1. The van der Waals surface area contributed by atoms with Crippen molar-refractivity contribution in [1.29, 1.82) is 0 Å². The number of nitro groups is 1. The van der Waals surface area contributed by atoms with Crippen molar-refractivity contribution < 1.29 is 18.1 Å². The molecule has 0 aliphatic carbocycles. The second-order valence-corrected chi connectivity index (χ2v) is 10.7. The lowest BCUT2D eigenvalue weighted by Gasteiger charge is -2.38. The fourth-order valence-corrected chi connectivity index (χ4v) is 5.87. The van der Waals surface area contributed by atoms with Crippen LogP contribution in [-0.4, -0.2) is 60.8 Å². The van der Waals surface area contributed by atoms with Gasteiger partial charge in [-0.15, -0.1) is 6.58 Å². The molecule has 38 heavy (non-hydrogen) atoms. The van der Waals surface area contributed by atoms with Crippen LogP contribution < -0.4 is 15.5 Å². The zero-order valence-electron chi connectivity index (χ0n) is 20.6. The number of anilines is 2. The van der Waals surface area contributed by atoms with E-state index in [1.165, 1.54) is 30.3 Å². The second kappa shape index (κ2) is 11.8. The quantitative estimate of drug-likeness (QED) is 0.241. The molecule has 2 amide bonds. The third-order valence-corrected chi connectivity index (χ3v) is 8.29.